The van der Waals surface area contributed by atoms with Gasteiger partial charge < -0.3 is 15.4 Å². The van der Waals surface area contributed by atoms with Gasteiger partial charge in [-0.25, -0.2) is 4.79 Å². The van der Waals surface area contributed by atoms with Crippen molar-refractivity contribution >= 4 is 17.6 Å². The van der Waals surface area contributed by atoms with E-state index in [1.165, 1.54) is 7.11 Å². The fourth-order valence-electron chi connectivity index (χ4n) is 2.27. The van der Waals surface area contributed by atoms with Crippen LogP contribution in [0.4, 0.5) is 5.69 Å². The van der Waals surface area contributed by atoms with Crippen LogP contribution in [-0.2, 0) is 9.53 Å². The van der Waals surface area contributed by atoms with Crippen molar-refractivity contribution in [2.45, 2.75) is 25.3 Å². The Hall–Kier alpha value is -2.55. The van der Waals surface area contributed by atoms with E-state index < -0.39 is 11.5 Å². The molecule has 0 spiro atoms. The second kappa shape index (κ2) is 6.48. The number of benzene rings is 1. The molecule has 1 fully saturated rings. The molecule has 1 aromatic rings. The third kappa shape index (κ3) is 3.76. The summed E-state index contributed by atoms with van der Waals surface area (Å²) < 4.78 is 4.65. The molecule has 1 amide bonds. The molecule has 2 rings (SSSR count). The number of esters is 1. The van der Waals surface area contributed by atoms with Gasteiger partial charge in [0, 0.05) is 5.69 Å². The summed E-state index contributed by atoms with van der Waals surface area (Å²) in [6.45, 7) is 1.79. The zero-order valence-corrected chi connectivity index (χ0v) is 12.7. The van der Waals surface area contributed by atoms with Crippen molar-refractivity contribution in [2.24, 2.45) is 5.92 Å². The van der Waals surface area contributed by atoms with Crippen LogP contribution in [0.3, 0.4) is 0 Å². The van der Waals surface area contributed by atoms with E-state index in [0.717, 1.165) is 12.8 Å². The van der Waals surface area contributed by atoms with Crippen molar-refractivity contribution in [1.29, 1.82) is 5.26 Å². The summed E-state index contributed by atoms with van der Waals surface area (Å²) >= 11 is 0. The fourth-order valence-corrected chi connectivity index (χ4v) is 2.27. The summed E-state index contributed by atoms with van der Waals surface area (Å²) in [6.07, 6.45) is 1.94. The number of anilines is 1. The Morgan fingerprint density at radius 1 is 1.45 bits per heavy atom. The van der Waals surface area contributed by atoms with Crippen LogP contribution in [0.15, 0.2) is 24.3 Å². The Kier molecular flexibility index (Phi) is 4.66. The largest absolute Gasteiger partial charge is 0.465 e. The van der Waals surface area contributed by atoms with E-state index in [1.807, 2.05) is 0 Å². The van der Waals surface area contributed by atoms with E-state index >= 15 is 0 Å². The number of ether oxygens (including phenoxy) is 1. The first-order valence-corrected chi connectivity index (χ1v) is 7.13. The second-order valence-electron chi connectivity index (χ2n) is 5.56. The minimum Gasteiger partial charge on any atom is -0.465 e. The SMILES string of the molecule is COC(=O)c1cccc(NCC(=O)NC(C)(C#N)C2CC2)c1. The Labute approximate surface area is 129 Å². The number of nitrogens with zero attached hydrogens (tertiary/aromatic N) is 1. The maximum absolute atomic E-state index is 12.0. The Morgan fingerprint density at radius 2 is 2.18 bits per heavy atom. The molecule has 1 aromatic carbocycles. The first-order chi connectivity index (χ1) is 10.5. The smallest absolute Gasteiger partial charge is 0.337 e. The third-order valence-electron chi connectivity index (χ3n) is 3.76. The van der Waals surface area contributed by atoms with Crippen molar-refractivity contribution < 1.29 is 14.3 Å². The van der Waals surface area contributed by atoms with Gasteiger partial charge in [0.25, 0.3) is 0 Å². The van der Waals surface area contributed by atoms with Gasteiger partial charge in [0.05, 0.1) is 25.3 Å². The van der Waals surface area contributed by atoms with Gasteiger partial charge in [-0.3, -0.25) is 4.79 Å². The van der Waals surface area contributed by atoms with Gasteiger partial charge in [-0.05, 0) is 43.9 Å². The normalized spacial score (nSPS) is 16.0. The molecule has 0 bridgehead atoms. The number of rotatable bonds is 6. The molecular formula is C16H19N3O3. The molecule has 0 aliphatic heterocycles. The quantitative estimate of drug-likeness (QED) is 0.780. The standard InChI is InChI=1S/C16H19N3O3/c1-16(10-17,12-6-7-12)19-14(20)9-18-13-5-3-4-11(8-13)15(21)22-2/h3-5,8,12,18H,6-7,9H2,1-2H3,(H,19,20). The van der Waals surface area contributed by atoms with Gasteiger partial charge in [-0.15, -0.1) is 0 Å². The number of carbonyl (C=O) groups excluding carboxylic acids is 2. The van der Waals surface area contributed by atoms with Crippen LogP contribution in [-0.4, -0.2) is 31.1 Å². The van der Waals surface area contributed by atoms with E-state index in [2.05, 4.69) is 21.4 Å². The summed E-state index contributed by atoms with van der Waals surface area (Å²) in [5, 5.41) is 14.9. The summed E-state index contributed by atoms with van der Waals surface area (Å²) in [4.78, 5) is 23.4. The van der Waals surface area contributed by atoms with Gasteiger partial charge in [-0.2, -0.15) is 5.26 Å². The van der Waals surface area contributed by atoms with Gasteiger partial charge in [0.1, 0.15) is 5.54 Å². The molecule has 0 radical (unpaired) electrons. The average Bonchev–Trinajstić information content (AvgIpc) is 3.37. The molecule has 0 saturated heterocycles. The highest BCUT2D eigenvalue weighted by atomic mass is 16.5. The van der Waals surface area contributed by atoms with E-state index in [1.54, 1.807) is 31.2 Å². The van der Waals surface area contributed by atoms with Gasteiger partial charge in [-0.1, -0.05) is 6.07 Å². The van der Waals surface area contributed by atoms with Gasteiger partial charge in [0.2, 0.25) is 5.91 Å². The first-order valence-electron chi connectivity index (χ1n) is 7.13. The zero-order chi connectivity index (χ0) is 16.2. The molecule has 1 unspecified atom stereocenters. The maximum Gasteiger partial charge on any atom is 0.337 e. The van der Waals surface area contributed by atoms with Crippen molar-refractivity contribution in [2.75, 3.05) is 19.0 Å². The van der Waals surface area contributed by atoms with Crippen LogP contribution in [0, 0.1) is 17.2 Å². The maximum atomic E-state index is 12.0. The first kappa shape index (κ1) is 15.8. The average molecular weight is 301 g/mol. The summed E-state index contributed by atoms with van der Waals surface area (Å²) in [7, 11) is 1.32. The number of nitriles is 1. The monoisotopic (exact) mass is 301 g/mol. The molecular weight excluding hydrogens is 282 g/mol. The number of hydrogen-bond donors (Lipinski definition) is 2. The number of amides is 1. The van der Waals surface area contributed by atoms with Crippen LogP contribution >= 0.6 is 0 Å². The lowest BCUT2D eigenvalue weighted by molar-refractivity contribution is -0.120. The summed E-state index contributed by atoms with van der Waals surface area (Å²) in [6, 6.07) is 8.89. The molecule has 1 saturated carbocycles. The van der Waals surface area contributed by atoms with Crippen molar-refractivity contribution in [3.8, 4) is 6.07 Å². The van der Waals surface area contributed by atoms with Crippen LogP contribution in [0.2, 0.25) is 0 Å². The summed E-state index contributed by atoms with van der Waals surface area (Å²) in [5.74, 6) is -0.442. The minimum absolute atomic E-state index is 0.0363. The lowest BCUT2D eigenvalue weighted by atomic mass is 9.98. The van der Waals surface area contributed by atoms with Crippen LogP contribution in [0.1, 0.15) is 30.1 Å². The summed E-state index contributed by atoms with van der Waals surface area (Å²) in [5.41, 5.74) is 0.253. The molecule has 6 heteroatoms. The van der Waals surface area contributed by atoms with Crippen molar-refractivity contribution in [1.82, 2.24) is 5.32 Å². The number of carbonyl (C=O) groups is 2. The molecule has 0 heterocycles. The highest BCUT2D eigenvalue weighted by Crippen LogP contribution is 2.39. The molecule has 1 aliphatic rings. The number of methoxy groups -OCH3 is 1. The lowest BCUT2D eigenvalue weighted by Crippen LogP contribution is -2.48. The molecule has 116 valence electrons. The van der Waals surface area contributed by atoms with Gasteiger partial charge in [0.15, 0.2) is 0 Å². The molecule has 1 atom stereocenters. The van der Waals surface area contributed by atoms with Crippen LogP contribution < -0.4 is 10.6 Å². The molecule has 2 N–H and O–H groups in total. The van der Waals surface area contributed by atoms with E-state index in [-0.39, 0.29) is 18.4 Å². The van der Waals surface area contributed by atoms with Crippen LogP contribution in [0.5, 0.6) is 0 Å². The van der Waals surface area contributed by atoms with E-state index in [4.69, 9.17) is 0 Å². The predicted octanol–water partition coefficient (Wildman–Crippen LogP) is 1.69. The number of nitrogens with one attached hydrogen (secondary N) is 2. The topological polar surface area (TPSA) is 91.2 Å². The fraction of sp³-hybridized carbons (Fsp3) is 0.438. The molecule has 6 nitrogen and oxygen atoms in total. The Morgan fingerprint density at radius 3 is 2.77 bits per heavy atom. The Balaban J connectivity index is 1.91. The molecule has 0 aromatic heterocycles. The predicted molar refractivity (Wildman–Crippen MR) is 81.2 cm³/mol. The van der Waals surface area contributed by atoms with Crippen LogP contribution in [0.25, 0.3) is 0 Å². The Bertz CT molecular complexity index is 619. The van der Waals surface area contributed by atoms with E-state index in [9.17, 15) is 14.9 Å². The minimum atomic E-state index is -0.799. The molecule has 1 aliphatic carbocycles. The third-order valence-corrected chi connectivity index (χ3v) is 3.76. The lowest BCUT2D eigenvalue weighted by Gasteiger charge is -2.23. The van der Waals surface area contributed by atoms with E-state index in [0.29, 0.717) is 11.3 Å². The number of hydrogen-bond acceptors (Lipinski definition) is 5. The van der Waals surface area contributed by atoms with Crippen molar-refractivity contribution in [3.63, 3.8) is 0 Å². The zero-order valence-electron chi connectivity index (χ0n) is 12.7. The molecule has 22 heavy (non-hydrogen) atoms. The highest BCUT2D eigenvalue weighted by molar-refractivity contribution is 5.90. The van der Waals surface area contributed by atoms with Crippen molar-refractivity contribution in [3.05, 3.63) is 29.8 Å². The second-order valence-corrected chi connectivity index (χ2v) is 5.56. The van der Waals surface area contributed by atoms with Gasteiger partial charge >= 0.3 is 5.97 Å². The highest BCUT2D eigenvalue weighted by Gasteiger charge is 2.42.